The van der Waals surface area contributed by atoms with Crippen molar-refractivity contribution in [3.63, 3.8) is 0 Å². The van der Waals surface area contributed by atoms with Crippen molar-refractivity contribution in [2.24, 2.45) is 11.8 Å². The van der Waals surface area contributed by atoms with E-state index in [1.165, 1.54) is 13.3 Å². The van der Waals surface area contributed by atoms with Gasteiger partial charge in [0.1, 0.15) is 6.10 Å². The molecule has 1 heterocycles. The summed E-state index contributed by atoms with van der Waals surface area (Å²) in [5.41, 5.74) is 0. The molecule has 3 rings (SSSR count). The maximum Gasteiger partial charge on any atom is 0.302 e. The minimum absolute atomic E-state index is 0.148. The van der Waals surface area contributed by atoms with E-state index in [-0.39, 0.29) is 12.1 Å². The highest BCUT2D eigenvalue weighted by molar-refractivity contribution is 5.66. The van der Waals surface area contributed by atoms with Gasteiger partial charge in [0, 0.05) is 12.8 Å². The highest BCUT2D eigenvalue weighted by Gasteiger charge is 2.64. The van der Waals surface area contributed by atoms with E-state index in [1.807, 2.05) is 0 Å². The van der Waals surface area contributed by atoms with Gasteiger partial charge < -0.3 is 9.47 Å². The summed E-state index contributed by atoms with van der Waals surface area (Å²) in [6.45, 7) is 1.48. The first-order valence-corrected chi connectivity index (χ1v) is 4.58. The van der Waals surface area contributed by atoms with Crippen LogP contribution in [0.4, 0.5) is 0 Å². The van der Waals surface area contributed by atoms with Crippen molar-refractivity contribution < 1.29 is 14.3 Å². The van der Waals surface area contributed by atoms with E-state index in [2.05, 4.69) is 0 Å². The Morgan fingerprint density at radius 1 is 1.42 bits per heavy atom. The second kappa shape index (κ2) is 2.02. The summed E-state index contributed by atoms with van der Waals surface area (Å²) in [5.74, 6) is 1.05. The highest BCUT2D eigenvalue weighted by atomic mass is 16.6. The number of carbonyl (C=O) groups excluding carboxylic acids is 1. The summed E-state index contributed by atoms with van der Waals surface area (Å²) in [5, 5.41) is 0. The summed E-state index contributed by atoms with van der Waals surface area (Å²) >= 11 is 0. The van der Waals surface area contributed by atoms with Crippen LogP contribution in [-0.4, -0.2) is 24.3 Å². The molecule has 1 saturated heterocycles. The zero-order valence-corrected chi connectivity index (χ0v) is 7.03. The third-order valence-corrected chi connectivity index (χ3v) is 3.35. The number of hydrogen-bond acceptors (Lipinski definition) is 3. The molecule has 0 amide bonds. The van der Waals surface area contributed by atoms with Gasteiger partial charge in [-0.05, 0) is 18.8 Å². The molecular formula is C9H12O3. The normalized spacial score (nSPS) is 53.6. The molecule has 0 aromatic rings. The molecule has 0 spiro atoms. The summed E-state index contributed by atoms with van der Waals surface area (Å²) in [6, 6.07) is 0. The fourth-order valence-electron chi connectivity index (χ4n) is 2.89. The Kier molecular flexibility index (Phi) is 1.16. The van der Waals surface area contributed by atoms with E-state index >= 15 is 0 Å². The van der Waals surface area contributed by atoms with Crippen molar-refractivity contribution in [1.82, 2.24) is 0 Å². The Morgan fingerprint density at radius 2 is 2.25 bits per heavy atom. The Labute approximate surface area is 71.0 Å². The second-order valence-electron chi connectivity index (χ2n) is 4.11. The van der Waals surface area contributed by atoms with E-state index in [1.54, 1.807) is 0 Å². The molecule has 0 radical (unpaired) electrons. The number of epoxide rings is 1. The summed E-state index contributed by atoms with van der Waals surface area (Å²) < 4.78 is 10.7. The lowest BCUT2D eigenvalue weighted by atomic mass is 9.98. The number of esters is 1. The number of rotatable bonds is 1. The summed E-state index contributed by atoms with van der Waals surface area (Å²) in [4.78, 5) is 10.7. The molecule has 2 saturated carbocycles. The smallest absolute Gasteiger partial charge is 0.302 e. The van der Waals surface area contributed by atoms with E-state index in [9.17, 15) is 4.79 Å². The Balaban J connectivity index is 1.72. The molecule has 0 aromatic heterocycles. The van der Waals surface area contributed by atoms with Crippen LogP contribution in [0.15, 0.2) is 0 Å². The zero-order chi connectivity index (χ0) is 8.29. The van der Waals surface area contributed by atoms with E-state index < -0.39 is 0 Å². The molecule has 3 heteroatoms. The van der Waals surface area contributed by atoms with Gasteiger partial charge in [-0.3, -0.25) is 4.79 Å². The number of carbonyl (C=O) groups is 1. The largest absolute Gasteiger partial charge is 0.462 e. The SMILES string of the molecule is CC(=O)O[C@H]1C[C@@H]2C[C@@H]1[C@H]1O[C@H]21. The standard InChI is InChI=1S/C9H12O3/c1-4(10)11-7-3-5-2-6(7)9-8(5)12-9/h5-9H,2-3H2,1H3/t5-,6-,7-,8+,9+/m0/s1. The van der Waals surface area contributed by atoms with Crippen LogP contribution in [0, 0.1) is 11.8 Å². The molecule has 1 aliphatic heterocycles. The van der Waals surface area contributed by atoms with Gasteiger partial charge in [0.25, 0.3) is 0 Å². The first kappa shape index (κ1) is 6.89. The van der Waals surface area contributed by atoms with Crippen LogP contribution in [0.1, 0.15) is 19.8 Å². The van der Waals surface area contributed by atoms with E-state index in [0.717, 1.165) is 6.42 Å². The van der Waals surface area contributed by atoms with Crippen molar-refractivity contribution >= 4 is 5.97 Å². The predicted octanol–water partition coefficient (Wildman–Crippen LogP) is 0.725. The average molecular weight is 168 g/mol. The molecule has 0 aromatic carbocycles. The van der Waals surface area contributed by atoms with Gasteiger partial charge in [-0.15, -0.1) is 0 Å². The van der Waals surface area contributed by atoms with Crippen molar-refractivity contribution in [3.8, 4) is 0 Å². The summed E-state index contributed by atoms with van der Waals surface area (Å²) in [6.07, 6.45) is 3.38. The van der Waals surface area contributed by atoms with Gasteiger partial charge in [-0.1, -0.05) is 0 Å². The quantitative estimate of drug-likeness (QED) is 0.428. The van der Waals surface area contributed by atoms with Crippen LogP contribution in [0.3, 0.4) is 0 Å². The molecule has 2 bridgehead atoms. The first-order valence-electron chi connectivity index (χ1n) is 4.58. The van der Waals surface area contributed by atoms with E-state index in [4.69, 9.17) is 9.47 Å². The van der Waals surface area contributed by atoms with Crippen LogP contribution in [0.25, 0.3) is 0 Å². The van der Waals surface area contributed by atoms with Gasteiger partial charge in [-0.25, -0.2) is 0 Å². The van der Waals surface area contributed by atoms with Crippen LogP contribution >= 0.6 is 0 Å². The van der Waals surface area contributed by atoms with Crippen molar-refractivity contribution in [2.75, 3.05) is 0 Å². The van der Waals surface area contributed by atoms with Crippen molar-refractivity contribution in [2.45, 2.75) is 38.1 Å². The maximum atomic E-state index is 10.7. The molecule has 3 aliphatic rings. The molecule has 3 nitrogen and oxygen atoms in total. The van der Waals surface area contributed by atoms with Crippen LogP contribution in [-0.2, 0) is 14.3 Å². The Bertz CT molecular complexity index is 238. The monoisotopic (exact) mass is 168 g/mol. The lowest BCUT2D eigenvalue weighted by Gasteiger charge is -2.18. The molecule has 5 atom stereocenters. The maximum absolute atomic E-state index is 10.7. The summed E-state index contributed by atoms with van der Waals surface area (Å²) in [7, 11) is 0. The predicted molar refractivity (Wildman–Crippen MR) is 40.4 cm³/mol. The molecule has 0 N–H and O–H groups in total. The molecule has 66 valence electrons. The molecule has 0 unspecified atom stereocenters. The highest BCUT2D eigenvalue weighted by Crippen LogP contribution is 2.57. The van der Waals surface area contributed by atoms with E-state index in [0.29, 0.717) is 24.0 Å². The Hall–Kier alpha value is -0.570. The third kappa shape index (κ3) is 0.774. The molecular weight excluding hydrogens is 156 g/mol. The van der Waals surface area contributed by atoms with Gasteiger partial charge in [0.05, 0.1) is 12.2 Å². The minimum Gasteiger partial charge on any atom is -0.462 e. The van der Waals surface area contributed by atoms with Crippen LogP contribution < -0.4 is 0 Å². The topological polar surface area (TPSA) is 38.8 Å². The zero-order valence-electron chi connectivity index (χ0n) is 7.03. The number of hydrogen-bond donors (Lipinski definition) is 0. The molecule has 3 fully saturated rings. The second-order valence-corrected chi connectivity index (χ2v) is 4.11. The lowest BCUT2D eigenvalue weighted by Crippen LogP contribution is -2.27. The Morgan fingerprint density at radius 3 is 2.83 bits per heavy atom. The average Bonchev–Trinajstić information content (AvgIpc) is 2.61. The van der Waals surface area contributed by atoms with Gasteiger partial charge >= 0.3 is 5.97 Å². The van der Waals surface area contributed by atoms with Crippen molar-refractivity contribution in [1.29, 1.82) is 0 Å². The van der Waals surface area contributed by atoms with Gasteiger partial charge in [-0.2, -0.15) is 0 Å². The minimum atomic E-state index is -0.148. The van der Waals surface area contributed by atoms with Crippen LogP contribution in [0.5, 0.6) is 0 Å². The fourth-order valence-corrected chi connectivity index (χ4v) is 2.89. The lowest BCUT2D eigenvalue weighted by molar-refractivity contribution is -0.148. The van der Waals surface area contributed by atoms with Crippen LogP contribution in [0.2, 0.25) is 0 Å². The van der Waals surface area contributed by atoms with Gasteiger partial charge in [0.2, 0.25) is 0 Å². The molecule has 12 heavy (non-hydrogen) atoms. The van der Waals surface area contributed by atoms with Crippen molar-refractivity contribution in [3.05, 3.63) is 0 Å². The fraction of sp³-hybridized carbons (Fsp3) is 0.889. The number of ether oxygens (including phenoxy) is 2. The number of fused-ring (bicyclic) bond motifs is 5. The first-order chi connectivity index (χ1) is 5.75. The molecule has 2 aliphatic carbocycles. The third-order valence-electron chi connectivity index (χ3n) is 3.35. The van der Waals surface area contributed by atoms with Gasteiger partial charge in [0.15, 0.2) is 0 Å².